The van der Waals surface area contributed by atoms with Crippen LogP contribution in [-0.2, 0) is 0 Å². The van der Waals surface area contributed by atoms with Gasteiger partial charge in [0.25, 0.3) is 0 Å². The number of rotatable bonds is 2. The van der Waals surface area contributed by atoms with Crippen LogP contribution in [0.2, 0.25) is 0 Å². The largest absolute Gasteiger partial charge is 0.496 e. The molecule has 0 atom stereocenters. The highest BCUT2D eigenvalue weighted by molar-refractivity contribution is 5.70. The van der Waals surface area contributed by atoms with E-state index in [0.29, 0.717) is 22.6 Å². The molecule has 0 saturated carbocycles. The lowest BCUT2D eigenvalue weighted by Crippen LogP contribution is -1.92. The zero-order chi connectivity index (χ0) is 12.3. The van der Waals surface area contributed by atoms with Crippen molar-refractivity contribution >= 4 is 0 Å². The lowest BCUT2D eigenvalue weighted by Gasteiger charge is -2.09. The van der Waals surface area contributed by atoms with Crippen LogP contribution in [0.3, 0.4) is 0 Å². The SMILES string of the molecule is COc1cccc(F)c1-c1ccc(C#N)nc1. The molecule has 2 rings (SSSR count). The van der Waals surface area contributed by atoms with Crippen molar-refractivity contribution in [2.24, 2.45) is 0 Å². The summed E-state index contributed by atoms with van der Waals surface area (Å²) in [5, 5.41) is 8.64. The van der Waals surface area contributed by atoms with Crippen LogP contribution in [0.1, 0.15) is 5.69 Å². The number of pyridine rings is 1. The van der Waals surface area contributed by atoms with Gasteiger partial charge in [-0.15, -0.1) is 0 Å². The molecule has 0 amide bonds. The number of benzene rings is 1. The van der Waals surface area contributed by atoms with Crippen LogP contribution in [0.25, 0.3) is 11.1 Å². The van der Waals surface area contributed by atoms with Crippen LogP contribution in [0.15, 0.2) is 36.5 Å². The first-order valence-electron chi connectivity index (χ1n) is 4.95. The van der Waals surface area contributed by atoms with Gasteiger partial charge in [-0.05, 0) is 24.3 Å². The molecule has 0 radical (unpaired) electrons. The summed E-state index contributed by atoms with van der Waals surface area (Å²) in [5.74, 6) is 0.0624. The Balaban J connectivity index is 2.56. The molecule has 2 aromatic rings. The molecule has 1 aromatic carbocycles. The number of hydrogen-bond acceptors (Lipinski definition) is 3. The van der Waals surface area contributed by atoms with Crippen molar-refractivity contribution in [1.29, 1.82) is 5.26 Å². The summed E-state index contributed by atoms with van der Waals surface area (Å²) < 4.78 is 18.8. The molecular weight excluding hydrogens is 219 g/mol. The Hall–Kier alpha value is -2.41. The summed E-state index contributed by atoms with van der Waals surface area (Å²) in [5.41, 5.74) is 1.23. The number of ether oxygens (including phenoxy) is 1. The normalized spacial score (nSPS) is 9.71. The minimum absolute atomic E-state index is 0.295. The van der Waals surface area contributed by atoms with Crippen molar-refractivity contribution < 1.29 is 9.13 Å². The maximum absolute atomic E-state index is 13.7. The molecule has 0 N–H and O–H groups in total. The molecular formula is C13H9FN2O. The minimum atomic E-state index is -0.379. The van der Waals surface area contributed by atoms with E-state index in [9.17, 15) is 4.39 Å². The maximum atomic E-state index is 13.7. The molecule has 0 aliphatic rings. The molecule has 4 heteroatoms. The first-order chi connectivity index (χ1) is 8.26. The molecule has 0 bridgehead atoms. The average Bonchev–Trinajstić information content (AvgIpc) is 2.38. The van der Waals surface area contributed by atoms with Gasteiger partial charge in [-0.2, -0.15) is 5.26 Å². The number of nitriles is 1. The molecule has 17 heavy (non-hydrogen) atoms. The van der Waals surface area contributed by atoms with Crippen LogP contribution in [0.4, 0.5) is 4.39 Å². The van der Waals surface area contributed by atoms with Gasteiger partial charge in [-0.25, -0.2) is 9.37 Å². The average molecular weight is 228 g/mol. The summed E-state index contributed by atoms with van der Waals surface area (Å²) in [6, 6.07) is 9.71. The summed E-state index contributed by atoms with van der Waals surface area (Å²) in [6.45, 7) is 0. The van der Waals surface area contributed by atoms with Crippen molar-refractivity contribution in [2.45, 2.75) is 0 Å². The molecule has 1 heterocycles. The Labute approximate surface area is 98.1 Å². The van der Waals surface area contributed by atoms with Gasteiger partial charge in [0.2, 0.25) is 0 Å². The van der Waals surface area contributed by atoms with Crippen LogP contribution in [-0.4, -0.2) is 12.1 Å². The highest BCUT2D eigenvalue weighted by Gasteiger charge is 2.11. The van der Waals surface area contributed by atoms with Crippen molar-refractivity contribution in [3.8, 4) is 22.9 Å². The van der Waals surface area contributed by atoms with E-state index in [1.54, 1.807) is 24.3 Å². The monoisotopic (exact) mass is 228 g/mol. The Bertz CT molecular complexity index is 573. The summed E-state index contributed by atoms with van der Waals surface area (Å²) in [7, 11) is 1.48. The molecule has 1 aromatic heterocycles. The van der Waals surface area contributed by atoms with Gasteiger partial charge >= 0.3 is 0 Å². The third-order valence-corrected chi connectivity index (χ3v) is 2.36. The molecule has 0 unspecified atom stereocenters. The zero-order valence-corrected chi connectivity index (χ0v) is 9.14. The van der Waals surface area contributed by atoms with Crippen molar-refractivity contribution in [1.82, 2.24) is 4.98 Å². The van der Waals surface area contributed by atoms with E-state index in [2.05, 4.69) is 4.98 Å². The van der Waals surface area contributed by atoms with Crippen molar-refractivity contribution in [3.63, 3.8) is 0 Å². The second-order valence-electron chi connectivity index (χ2n) is 3.36. The van der Waals surface area contributed by atoms with E-state index in [-0.39, 0.29) is 5.82 Å². The first kappa shape index (κ1) is 11.1. The third-order valence-electron chi connectivity index (χ3n) is 2.36. The fourth-order valence-electron chi connectivity index (χ4n) is 1.56. The highest BCUT2D eigenvalue weighted by Crippen LogP contribution is 2.31. The van der Waals surface area contributed by atoms with E-state index >= 15 is 0 Å². The standard InChI is InChI=1S/C13H9FN2O/c1-17-12-4-2-3-11(14)13(12)9-5-6-10(7-15)16-8-9/h2-6,8H,1H3. The van der Waals surface area contributed by atoms with E-state index in [4.69, 9.17) is 10.00 Å². The smallest absolute Gasteiger partial charge is 0.140 e. The topological polar surface area (TPSA) is 45.9 Å². The summed E-state index contributed by atoms with van der Waals surface area (Å²) in [4.78, 5) is 3.91. The Kier molecular flexibility index (Phi) is 3.01. The van der Waals surface area contributed by atoms with Gasteiger partial charge in [0.05, 0.1) is 12.7 Å². The lowest BCUT2D eigenvalue weighted by molar-refractivity contribution is 0.413. The number of aromatic nitrogens is 1. The fraction of sp³-hybridized carbons (Fsp3) is 0.0769. The highest BCUT2D eigenvalue weighted by atomic mass is 19.1. The quantitative estimate of drug-likeness (QED) is 0.793. The van der Waals surface area contributed by atoms with Crippen LogP contribution < -0.4 is 4.74 Å². The molecule has 0 fully saturated rings. The zero-order valence-electron chi connectivity index (χ0n) is 9.14. The number of halogens is 1. The van der Waals surface area contributed by atoms with Crippen LogP contribution in [0, 0.1) is 17.1 Å². The minimum Gasteiger partial charge on any atom is -0.496 e. The van der Waals surface area contributed by atoms with Crippen LogP contribution in [0.5, 0.6) is 5.75 Å². The fourth-order valence-corrected chi connectivity index (χ4v) is 1.56. The van der Waals surface area contributed by atoms with E-state index in [1.165, 1.54) is 19.4 Å². The molecule has 0 saturated heterocycles. The van der Waals surface area contributed by atoms with Gasteiger partial charge in [-0.1, -0.05) is 6.07 Å². The van der Waals surface area contributed by atoms with Gasteiger partial charge in [0, 0.05) is 11.8 Å². The second kappa shape index (κ2) is 4.62. The van der Waals surface area contributed by atoms with Crippen molar-refractivity contribution in [2.75, 3.05) is 7.11 Å². The third kappa shape index (κ3) is 2.08. The summed E-state index contributed by atoms with van der Waals surface area (Å²) in [6.07, 6.45) is 1.46. The van der Waals surface area contributed by atoms with Crippen LogP contribution >= 0.6 is 0 Å². The lowest BCUT2D eigenvalue weighted by atomic mass is 10.1. The van der Waals surface area contributed by atoms with Gasteiger partial charge in [-0.3, -0.25) is 0 Å². The number of hydrogen-bond donors (Lipinski definition) is 0. The Morgan fingerprint density at radius 2 is 2.12 bits per heavy atom. The Morgan fingerprint density at radius 1 is 1.29 bits per heavy atom. The predicted molar refractivity (Wildman–Crippen MR) is 60.9 cm³/mol. The predicted octanol–water partition coefficient (Wildman–Crippen LogP) is 2.77. The van der Waals surface area contributed by atoms with Gasteiger partial charge < -0.3 is 4.74 Å². The number of methoxy groups -OCH3 is 1. The molecule has 3 nitrogen and oxygen atoms in total. The first-order valence-corrected chi connectivity index (χ1v) is 4.95. The molecule has 84 valence electrons. The summed E-state index contributed by atoms with van der Waals surface area (Å²) >= 11 is 0. The maximum Gasteiger partial charge on any atom is 0.140 e. The van der Waals surface area contributed by atoms with E-state index < -0.39 is 0 Å². The molecule has 0 spiro atoms. The van der Waals surface area contributed by atoms with Gasteiger partial charge in [0.1, 0.15) is 23.3 Å². The Morgan fingerprint density at radius 3 is 2.71 bits per heavy atom. The van der Waals surface area contributed by atoms with Gasteiger partial charge in [0.15, 0.2) is 0 Å². The van der Waals surface area contributed by atoms with Crippen molar-refractivity contribution in [3.05, 3.63) is 48.0 Å². The second-order valence-corrected chi connectivity index (χ2v) is 3.36. The van der Waals surface area contributed by atoms with E-state index in [1.807, 2.05) is 6.07 Å². The molecule has 0 aliphatic carbocycles. The molecule has 0 aliphatic heterocycles. The van der Waals surface area contributed by atoms with E-state index in [0.717, 1.165) is 0 Å². The number of nitrogens with zero attached hydrogens (tertiary/aromatic N) is 2.